The Kier molecular flexibility index (Phi) is 4.43. The number of aryl methyl sites for hydroxylation is 1. The number of hydrogen-bond donors (Lipinski definition) is 1. The molecule has 2 heterocycles. The summed E-state index contributed by atoms with van der Waals surface area (Å²) < 4.78 is 1.64. The van der Waals surface area contributed by atoms with E-state index in [4.69, 9.17) is 5.73 Å². The van der Waals surface area contributed by atoms with Crippen molar-refractivity contribution < 1.29 is 4.79 Å². The van der Waals surface area contributed by atoms with Crippen LogP contribution >= 0.6 is 0 Å². The first-order valence-corrected chi connectivity index (χ1v) is 8.09. The maximum atomic E-state index is 12.6. The highest BCUT2D eigenvalue weighted by molar-refractivity contribution is 5.92. The third-order valence-corrected chi connectivity index (χ3v) is 4.58. The molecular weight excluding hydrogens is 290 g/mol. The van der Waals surface area contributed by atoms with Gasteiger partial charge in [0.25, 0.3) is 5.91 Å². The molecule has 1 atom stereocenters. The molecule has 1 aromatic heterocycles. The van der Waals surface area contributed by atoms with E-state index in [0.29, 0.717) is 11.6 Å². The van der Waals surface area contributed by atoms with Crippen molar-refractivity contribution in [3.63, 3.8) is 0 Å². The second-order valence-corrected chi connectivity index (χ2v) is 6.37. The Bertz CT molecular complexity index is 669. The van der Waals surface area contributed by atoms with E-state index in [2.05, 4.69) is 10.3 Å². The van der Waals surface area contributed by atoms with Gasteiger partial charge < -0.3 is 10.6 Å². The van der Waals surface area contributed by atoms with Crippen LogP contribution in [0.25, 0.3) is 5.69 Å². The highest BCUT2D eigenvalue weighted by Crippen LogP contribution is 2.20. The van der Waals surface area contributed by atoms with Crippen LogP contribution < -0.4 is 5.73 Å². The molecule has 1 amide bonds. The van der Waals surface area contributed by atoms with Gasteiger partial charge in [0.05, 0.1) is 11.9 Å². The van der Waals surface area contributed by atoms with Crippen LogP contribution in [0, 0.1) is 12.8 Å². The van der Waals surface area contributed by atoms with Crippen LogP contribution in [0.15, 0.2) is 30.5 Å². The maximum absolute atomic E-state index is 12.6. The first-order valence-electron chi connectivity index (χ1n) is 8.09. The highest BCUT2D eigenvalue weighted by atomic mass is 16.2. The zero-order chi connectivity index (χ0) is 16.4. The van der Waals surface area contributed by atoms with E-state index in [0.717, 1.165) is 31.6 Å². The van der Waals surface area contributed by atoms with Crippen molar-refractivity contribution in [1.29, 1.82) is 0 Å². The lowest BCUT2D eigenvalue weighted by atomic mass is 9.91. The van der Waals surface area contributed by atoms with Crippen LogP contribution in [0.1, 0.15) is 35.8 Å². The van der Waals surface area contributed by atoms with Gasteiger partial charge >= 0.3 is 0 Å². The number of nitrogens with zero attached hydrogens (tertiary/aromatic N) is 4. The van der Waals surface area contributed by atoms with Gasteiger partial charge in [0.2, 0.25) is 0 Å². The first-order chi connectivity index (χ1) is 11.0. The van der Waals surface area contributed by atoms with Crippen molar-refractivity contribution in [1.82, 2.24) is 19.9 Å². The van der Waals surface area contributed by atoms with E-state index in [1.807, 2.05) is 43.0 Å². The molecule has 0 aliphatic carbocycles. The summed E-state index contributed by atoms with van der Waals surface area (Å²) in [6.07, 6.45) is 3.61. The zero-order valence-corrected chi connectivity index (χ0v) is 13.6. The second-order valence-electron chi connectivity index (χ2n) is 6.37. The summed E-state index contributed by atoms with van der Waals surface area (Å²) in [5, 5.41) is 8.12. The molecule has 1 aliphatic heterocycles. The summed E-state index contributed by atoms with van der Waals surface area (Å²) in [6.45, 7) is 5.55. The van der Waals surface area contributed by atoms with Gasteiger partial charge in [-0.05, 0) is 44.7 Å². The van der Waals surface area contributed by atoms with Crippen molar-refractivity contribution in [3.8, 4) is 5.69 Å². The van der Waals surface area contributed by atoms with Gasteiger partial charge in [-0.25, -0.2) is 4.68 Å². The number of likely N-dealkylation sites (tertiary alicyclic amines) is 1. The molecule has 1 aliphatic rings. The molecule has 6 heteroatoms. The molecule has 3 rings (SSSR count). The minimum absolute atomic E-state index is 0.0495. The molecular formula is C17H23N5O. The van der Waals surface area contributed by atoms with E-state index < -0.39 is 0 Å². The number of benzene rings is 1. The Morgan fingerprint density at radius 2 is 1.91 bits per heavy atom. The smallest absolute Gasteiger partial charge is 0.276 e. The normalized spacial score (nSPS) is 17.3. The van der Waals surface area contributed by atoms with Crippen molar-refractivity contribution >= 4 is 5.91 Å². The first kappa shape index (κ1) is 15.7. The largest absolute Gasteiger partial charge is 0.337 e. The molecule has 1 saturated heterocycles. The van der Waals surface area contributed by atoms with Gasteiger partial charge in [-0.2, -0.15) is 0 Å². The lowest BCUT2D eigenvalue weighted by Gasteiger charge is -2.33. The third-order valence-electron chi connectivity index (χ3n) is 4.58. The summed E-state index contributed by atoms with van der Waals surface area (Å²) in [7, 11) is 0. The number of carbonyl (C=O) groups excluding carboxylic acids is 1. The molecule has 6 nitrogen and oxygen atoms in total. The molecule has 0 bridgehead atoms. The lowest BCUT2D eigenvalue weighted by Crippen LogP contribution is -2.42. The van der Waals surface area contributed by atoms with Crippen LogP contribution in [0.5, 0.6) is 0 Å². The fraction of sp³-hybridized carbons (Fsp3) is 0.471. The molecule has 0 saturated carbocycles. The summed E-state index contributed by atoms with van der Waals surface area (Å²) >= 11 is 0. The van der Waals surface area contributed by atoms with E-state index in [1.54, 1.807) is 10.9 Å². The van der Waals surface area contributed by atoms with Crippen LogP contribution in [-0.4, -0.2) is 44.9 Å². The molecule has 23 heavy (non-hydrogen) atoms. The molecule has 122 valence electrons. The van der Waals surface area contributed by atoms with Crippen molar-refractivity contribution in [2.45, 2.75) is 32.7 Å². The number of carbonyl (C=O) groups is 1. The average molecular weight is 313 g/mol. The highest BCUT2D eigenvalue weighted by Gasteiger charge is 2.26. The SMILES string of the molecule is Cc1ccc(-n2cc(C(=O)N3CCC(C(C)N)CC3)nn2)cc1. The lowest BCUT2D eigenvalue weighted by molar-refractivity contribution is 0.0675. The van der Waals surface area contributed by atoms with Crippen molar-refractivity contribution in [3.05, 3.63) is 41.7 Å². The zero-order valence-electron chi connectivity index (χ0n) is 13.6. The van der Waals surface area contributed by atoms with Crippen molar-refractivity contribution in [2.24, 2.45) is 11.7 Å². The molecule has 2 N–H and O–H groups in total. The van der Waals surface area contributed by atoms with Gasteiger partial charge in [-0.15, -0.1) is 5.10 Å². The Morgan fingerprint density at radius 3 is 2.52 bits per heavy atom. The van der Waals surface area contributed by atoms with Gasteiger partial charge in [-0.1, -0.05) is 22.9 Å². The number of piperidine rings is 1. The Balaban J connectivity index is 1.68. The predicted molar refractivity (Wildman–Crippen MR) is 88.4 cm³/mol. The number of rotatable bonds is 3. The molecule has 1 unspecified atom stereocenters. The molecule has 0 spiro atoms. The summed E-state index contributed by atoms with van der Waals surface area (Å²) in [5.74, 6) is 0.453. The van der Waals surface area contributed by atoms with Gasteiger partial charge in [0, 0.05) is 19.1 Å². The number of amides is 1. The monoisotopic (exact) mass is 313 g/mol. The second kappa shape index (κ2) is 6.50. The molecule has 0 radical (unpaired) electrons. The van der Waals surface area contributed by atoms with Gasteiger partial charge in [0.1, 0.15) is 0 Å². The van der Waals surface area contributed by atoms with Crippen LogP contribution in [0.4, 0.5) is 0 Å². The quantitative estimate of drug-likeness (QED) is 0.937. The van der Waals surface area contributed by atoms with Crippen LogP contribution in [0.2, 0.25) is 0 Å². The Labute approximate surface area is 136 Å². The topological polar surface area (TPSA) is 77.0 Å². The number of nitrogens with two attached hydrogens (primary N) is 1. The van der Waals surface area contributed by atoms with Gasteiger partial charge in [-0.3, -0.25) is 4.79 Å². The standard InChI is InChI=1S/C17H23N5O/c1-12-3-5-15(6-4-12)22-11-16(19-20-22)17(23)21-9-7-14(8-10-21)13(2)18/h3-6,11,13-14H,7-10,18H2,1-2H3. The minimum atomic E-state index is -0.0495. The van der Waals surface area contributed by atoms with Crippen LogP contribution in [0.3, 0.4) is 0 Å². The van der Waals surface area contributed by atoms with Gasteiger partial charge in [0.15, 0.2) is 5.69 Å². The average Bonchev–Trinajstić information content (AvgIpc) is 3.05. The summed E-state index contributed by atoms with van der Waals surface area (Å²) in [6, 6.07) is 8.14. The predicted octanol–water partition coefficient (Wildman–Crippen LogP) is 1.78. The maximum Gasteiger partial charge on any atom is 0.276 e. The van der Waals surface area contributed by atoms with E-state index in [-0.39, 0.29) is 11.9 Å². The third kappa shape index (κ3) is 3.42. The van der Waals surface area contributed by atoms with E-state index in [9.17, 15) is 4.79 Å². The number of aromatic nitrogens is 3. The molecule has 1 aromatic carbocycles. The fourth-order valence-electron chi connectivity index (χ4n) is 2.98. The number of hydrogen-bond acceptors (Lipinski definition) is 4. The van der Waals surface area contributed by atoms with Crippen molar-refractivity contribution in [2.75, 3.05) is 13.1 Å². The Hall–Kier alpha value is -2.21. The van der Waals surface area contributed by atoms with Crippen LogP contribution in [-0.2, 0) is 0 Å². The summed E-state index contributed by atoms with van der Waals surface area (Å²) in [4.78, 5) is 14.4. The Morgan fingerprint density at radius 1 is 1.26 bits per heavy atom. The summed E-state index contributed by atoms with van der Waals surface area (Å²) in [5.41, 5.74) is 8.43. The molecule has 1 fully saturated rings. The van der Waals surface area contributed by atoms with E-state index >= 15 is 0 Å². The van der Waals surface area contributed by atoms with E-state index in [1.165, 1.54) is 5.56 Å². The minimum Gasteiger partial charge on any atom is -0.337 e. The molecule has 2 aromatic rings. The fourth-order valence-corrected chi connectivity index (χ4v) is 2.98.